The van der Waals surface area contributed by atoms with Gasteiger partial charge in [0.2, 0.25) is 0 Å². The maximum atomic E-state index is 13.6. The lowest BCUT2D eigenvalue weighted by Gasteiger charge is -2.51. The molecule has 40 heavy (non-hydrogen) atoms. The van der Waals surface area contributed by atoms with E-state index in [1.54, 1.807) is 0 Å². The molecule has 2 aliphatic carbocycles. The number of esters is 1. The summed E-state index contributed by atoms with van der Waals surface area (Å²) >= 11 is 0. The van der Waals surface area contributed by atoms with Crippen molar-refractivity contribution in [1.29, 1.82) is 0 Å². The van der Waals surface area contributed by atoms with Crippen LogP contribution in [-0.4, -0.2) is 24.7 Å². The van der Waals surface area contributed by atoms with Gasteiger partial charge in [0.15, 0.2) is 0 Å². The molecule has 2 aromatic carbocycles. The van der Waals surface area contributed by atoms with Crippen molar-refractivity contribution in [2.24, 2.45) is 11.8 Å². The van der Waals surface area contributed by atoms with Crippen LogP contribution in [0.25, 0.3) is 0 Å². The smallest absolute Gasteiger partial charge is 0.416 e. The second-order valence-corrected chi connectivity index (χ2v) is 11.6. The summed E-state index contributed by atoms with van der Waals surface area (Å²) < 4.78 is 92.0. The van der Waals surface area contributed by atoms with Crippen molar-refractivity contribution in [2.75, 3.05) is 7.11 Å². The van der Waals surface area contributed by atoms with E-state index in [0.29, 0.717) is 37.0 Å². The first-order valence-corrected chi connectivity index (χ1v) is 13.6. The first kappa shape index (κ1) is 28.8. The molecular formula is C30H33F6NO3. The molecule has 0 saturated heterocycles. The highest BCUT2D eigenvalue weighted by Crippen LogP contribution is 2.50. The lowest BCUT2D eigenvalue weighted by molar-refractivity contribution is -0.146. The molecule has 10 heteroatoms. The van der Waals surface area contributed by atoms with E-state index in [2.05, 4.69) is 11.4 Å². The molecule has 2 aromatic rings. The molecule has 2 unspecified atom stereocenters. The largest absolute Gasteiger partial charge is 0.487 e. The molecule has 0 amide bonds. The molecule has 218 valence electrons. The number of hydrogen-bond donors (Lipinski definition) is 1. The van der Waals surface area contributed by atoms with E-state index < -0.39 is 40.7 Å². The van der Waals surface area contributed by atoms with Crippen molar-refractivity contribution in [3.05, 3.63) is 64.2 Å². The van der Waals surface area contributed by atoms with Crippen LogP contribution in [0.3, 0.4) is 0 Å². The number of hydrogen-bond acceptors (Lipinski definition) is 4. The molecule has 3 atom stereocenters. The summed E-state index contributed by atoms with van der Waals surface area (Å²) in [5.41, 5.74) is -0.985. The van der Waals surface area contributed by atoms with Crippen LogP contribution in [0.5, 0.6) is 5.75 Å². The highest BCUT2D eigenvalue weighted by molar-refractivity contribution is 5.73. The van der Waals surface area contributed by atoms with Crippen LogP contribution in [0.1, 0.15) is 85.7 Å². The summed E-state index contributed by atoms with van der Waals surface area (Å²) in [4.78, 5) is 12.3. The van der Waals surface area contributed by atoms with E-state index >= 15 is 0 Å². The van der Waals surface area contributed by atoms with E-state index in [-0.39, 0.29) is 23.8 Å². The number of carbonyl (C=O) groups excluding carboxylic acids is 1. The van der Waals surface area contributed by atoms with Crippen molar-refractivity contribution in [3.8, 4) is 5.75 Å². The number of methoxy groups -OCH3 is 1. The van der Waals surface area contributed by atoms with Crippen molar-refractivity contribution in [3.63, 3.8) is 0 Å². The highest BCUT2D eigenvalue weighted by Gasteiger charge is 2.49. The van der Waals surface area contributed by atoms with Gasteiger partial charge in [-0.3, -0.25) is 4.79 Å². The summed E-state index contributed by atoms with van der Waals surface area (Å²) in [7, 11) is 1.39. The topological polar surface area (TPSA) is 47.6 Å². The van der Waals surface area contributed by atoms with Crippen LogP contribution in [0, 0.1) is 11.8 Å². The summed E-state index contributed by atoms with van der Waals surface area (Å²) in [5, 5.41) is 3.11. The number of rotatable bonds is 7. The zero-order valence-corrected chi connectivity index (χ0v) is 22.6. The summed E-state index contributed by atoms with van der Waals surface area (Å²) in [6.45, 7) is 3.34. The van der Waals surface area contributed by atoms with Gasteiger partial charge in [0.05, 0.1) is 24.2 Å². The highest BCUT2D eigenvalue weighted by atomic mass is 19.4. The van der Waals surface area contributed by atoms with Gasteiger partial charge in [-0.2, -0.15) is 26.3 Å². The van der Waals surface area contributed by atoms with Gasteiger partial charge in [-0.15, -0.1) is 0 Å². The molecule has 3 aliphatic rings. The fourth-order valence-electron chi connectivity index (χ4n) is 6.53. The molecule has 2 saturated carbocycles. The van der Waals surface area contributed by atoms with Gasteiger partial charge in [-0.05, 0) is 85.4 Å². The molecule has 1 aliphatic heterocycles. The maximum Gasteiger partial charge on any atom is 0.416 e. The van der Waals surface area contributed by atoms with Crippen molar-refractivity contribution >= 4 is 5.97 Å². The molecule has 2 fully saturated rings. The number of aryl methyl sites for hydroxylation is 1. The Morgan fingerprint density at radius 2 is 1.73 bits per heavy atom. The second-order valence-electron chi connectivity index (χ2n) is 11.6. The molecule has 1 spiro atoms. The number of ether oxygens (including phenoxy) is 2. The van der Waals surface area contributed by atoms with Gasteiger partial charge in [0.1, 0.15) is 11.4 Å². The first-order valence-electron chi connectivity index (χ1n) is 13.6. The van der Waals surface area contributed by atoms with Crippen LogP contribution in [0.15, 0.2) is 36.4 Å². The molecule has 0 radical (unpaired) electrons. The van der Waals surface area contributed by atoms with E-state index in [9.17, 15) is 31.1 Å². The van der Waals surface area contributed by atoms with Gasteiger partial charge >= 0.3 is 18.3 Å². The predicted molar refractivity (Wildman–Crippen MR) is 136 cm³/mol. The Bertz CT molecular complexity index is 1260. The number of halogens is 6. The fourth-order valence-corrected chi connectivity index (χ4v) is 6.53. The monoisotopic (exact) mass is 569 g/mol. The van der Waals surface area contributed by atoms with Crippen LogP contribution in [-0.2, 0) is 28.3 Å². The Hall–Kier alpha value is -2.75. The molecular weight excluding hydrogens is 536 g/mol. The zero-order valence-electron chi connectivity index (χ0n) is 22.6. The van der Waals surface area contributed by atoms with Gasteiger partial charge < -0.3 is 14.8 Å². The fraction of sp³-hybridized carbons (Fsp3) is 0.567. The Kier molecular flexibility index (Phi) is 7.38. The average Bonchev–Trinajstić information content (AvgIpc) is 3.70. The Labute approximate surface area is 229 Å². The van der Waals surface area contributed by atoms with Crippen molar-refractivity contribution in [1.82, 2.24) is 5.32 Å². The van der Waals surface area contributed by atoms with E-state index in [0.717, 1.165) is 42.6 Å². The molecule has 1 N–H and O–H groups in total. The molecule has 0 aromatic heterocycles. The second kappa shape index (κ2) is 10.3. The molecule has 5 rings (SSSR count). The Balaban J connectivity index is 1.29. The predicted octanol–water partition coefficient (Wildman–Crippen LogP) is 7.60. The minimum Gasteiger partial charge on any atom is -0.487 e. The quantitative estimate of drug-likeness (QED) is 0.276. The van der Waals surface area contributed by atoms with Gasteiger partial charge in [-0.1, -0.05) is 19.1 Å². The third kappa shape index (κ3) is 5.69. The molecule has 0 bridgehead atoms. The Morgan fingerprint density at radius 3 is 2.33 bits per heavy atom. The average molecular weight is 570 g/mol. The van der Waals surface area contributed by atoms with E-state index in [1.165, 1.54) is 14.0 Å². The van der Waals surface area contributed by atoms with Crippen LogP contribution in [0.4, 0.5) is 26.3 Å². The third-order valence-corrected chi connectivity index (χ3v) is 8.77. The molecule has 4 nitrogen and oxygen atoms in total. The standard InChI is InChI=1S/C30H33F6NO3/c1-16(27(38)39-3)26(19-5-6-19)20-7-4-18-10-11-28(40-25(18)12-20)14-22(15-28)37-17(2)23-13-21(29(31,32)33)8-9-24(23)30(34,35)36/h4,7-9,12-13,16-17,19,22,26,37H,5-6,10-11,14-15H2,1-3H3/t16?,17-,22?,26?,28?/m1/s1. The number of carbonyl (C=O) groups is 1. The van der Waals surface area contributed by atoms with Crippen LogP contribution < -0.4 is 10.1 Å². The molecule has 1 heterocycles. The summed E-state index contributed by atoms with van der Waals surface area (Å²) in [6, 6.07) is 6.54. The van der Waals surface area contributed by atoms with Crippen LogP contribution >= 0.6 is 0 Å². The minimum atomic E-state index is -4.77. The number of fused-ring (bicyclic) bond motifs is 1. The lowest BCUT2D eigenvalue weighted by Crippen LogP contribution is -2.58. The number of nitrogens with one attached hydrogen (secondary N) is 1. The zero-order chi connectivity index (χ0) is 29.0. The maximum absolute atomic E-state index is 13.6. The lowest BCUT2D eigenvalue weighted by atomic mass is 9.70. The van der Waals surface area contributed by atoms with E-state index in [1.807, 2.05) is 19.1 Å². The Morgan fingerprint density at radius 1 is 1.02 bits per heavy atom. The third-order valence-electron chi connectivity index (χ3n) is 8.77. The van der Waals surface area contributed by atoms with E-state index in [4.69, 9.17) is 9.47 Å². The van der Waals surface area contributed by atoms with Gasteiger partial charge in [0.25, 0.3) is 0 Å². The number of benzene rings is 2. The SMILES string of the molecule is COC(=O)C(C)C(c1ccc2c(c1)OC1(CC2)CC(N[C@H](C)c2cc(C(F)(F)F)ccc2C(F)(F)F)C1)C1CC1. The van der Waals surface area contributed by atoms with Gasteiger partial charge in [0, 0.05) is 24.9 Å². The van der Waals surface area contributed by atoms with Gasteiger partial charge in [-0.25, -0.2) is 0 Å². The summed E-state index contributed by atoms with van der Waals surface area (Å²) in [5.74, 6) is 0.676. The minimum absolute atomic E-state index is 0.0335. The van der Waals surface area contributed by atoms with Crippen molar-refractivity contribution < 1.29 is 40.6 Å². The van der Waals surface area contributed by atoms with Crippen molar-refractivity contribution in [2.45, 2.75) is 88.3 Å². The number of alkyl halides is 6. The first-order chi connectivity index (χ1) is 18.7. The summed E-state index contributed by atoms with van der Waals surface area (Å²) in [6.07, 6.45) is -4.80. The van der Waals surface area contributed by atoms with Crippen LogP contribution in [0.2, 0.25) is 0 Å². The normalized spacial score (nSPS) is 24.9.